The maximum atomic E-state index is 4.70. The van der Waals surface area contributed by atoms with Crippen LogP contribution in [-0.2, 0) is 19.4 Å². The first-order valence-corrected chi connectivity index (χ1v) is 6.66. The van der Waals surface area contributed by atoms with Gasteiger partial charge in [0.2, 0.25) is 0 Å². The monoisotopic (exact) mass is 247 g/mol. The maximum Gasteiger partial charge on any atom is 0.0975 e. The zero-order valence-electron chi connectivity index (χ0n) is 10.2. The van der Waals surface area contributed by atoms with E-state index in [1.165, 1.54) is 21.1 Å². The van der Waals surface area contributed by atoms with E-state index in [0.717, 1.165) is 19.4 Å². The molecule has 1 N–H and O–H groups in total. The second kappa shape index (κ2) is 5.89. The zero-order valence-corrected chi connectivity index (χ0v) is 11.0. The number of hydrogen-bond donors (Lipinski definition) is 1. The summed E-state index contributed by atoms with van der Waals surface area (Å²) in [5.74, 6) is 0. The van der Waals surface area contributed by atoms with E-state index in [4.69, 9.17) is 4.98 Å². The van der Waals surface area contributed by atoms with Crippen LogP contribution in [0, 0.1) is 0 Å². The number of rotatable bonds is 5. The van der Waals surface area contributed by atoms with E-state index in [1.54, 1.807) is 0 Å². The molecule has 0 bridgehead atoms. The molecular weight excluding hydrogens is 230 g/mol. The Morgan fingerprint density at radius 2 is 2.06 bits per heavy atom. The van der Waals surface area contributed by atoms with E-state index >= 15 is 0 Å². The SMILES string of the molecule is CCc1nc(Cc2ccncc2)sc1CNC. The second-order valence-electron chi connectivity index (χ2n) is 3.89. The average Bonchev–Trinajstić information content (AvgIpc) is 2.73. The summed E-state index contributed by atoms with van der Waals surface area (Å²) in [6, 6.07) is 4.09. The highest BCUT2D eigenvalue weighted by atomic mass is 32.1. The van der Waals surface area contributed by atoms with Crippen molar-refractivity contribution in [2.75, 3.05) is 7.05 Å². The Hall–Kier alpha value is -1.26. The predicted octanol–water partition coefficient (Wildman–Crippen LogP) is 2.41. The van der Waals surface area contributed by atoms with Crippen LogP contribution in [0.5, 0.6) is 0 Å². The fourth-order valence-corrected chi connectivity index (χ4v) is 2.97. The first-order valence-electron chi connectivity index (χ1n) is 5.84. The zero-order chi connectivity index (χ0) is 12.1. The van der Waals surface area contributed by atoms with Crippen molar-refractivity contribution in [3.05, 3.63) is 45.7 Å². The Balaban J connectivity index is 2.16. The number of hydrogen-bond acceptors (Lipinski definition) is 4. The van der Waals surface area contributed by atoms with Crippen molar-refractivity contribution < 1.29 is 0 Å². The standard InChI is InChI=1S/C13H17N3S/c1-3-11-12(9-14-2)17-13(16-11)8-10-4-6-15-7-5-10/h4-7,14H,3,8-9H2,1-2H3. The van der Waals surface area contributed by atoms with Crippen LogP contribution in [0.15, 0.2) is 24.5 Å². The molecule has 0 aliphatic rings. The summed E-state index contributed by atoms with van der Waals surface area (Å²) in [5.41, 5.74) is 2.50. The number of aryl methyl sites for hydroxylation is 1. The second-order valence-corrected chi connectivity index (χ2v) is 5.06. The highest BCUT2D eigenvalue weighted by Crippen LogP contribution is 2.21. The Kier molecular flexibility index (Phi) is 4.23. The van der Waals surface area contributed by atoms with Crippen molar-refractivity contribution in [2.24, 2.45) is 0 Å². The minimum absolute atomic E-state index is 0.907. The third-order valence-electron chi connectivity index (χ3n) is 2.60. The first kappa shape index (κ1) is 12.2. The molecule has 0 unspecified atom stereocenters. The Bertz CT molecular complexity index is 465. The number of nitrogens with one attached hydrogen (secondary N) is 1. The van der Waals surface area contributed by atoms with Crippen molar-refractivity contribution in [2.45, 2.75) is 26.3 Å². The van der Waals surface area contributed by atoms with Gasteiger partial charge in [-0.1, -0.05) is 6.92 Å². The van der Waals surface area contributed by atoms with Gasteiger partial charge in [-0.2, -0.15) is 0 Å². The molecule has 2 aromatic heterocycles. The third kappa shape index (κ3) is 3.11. The molecule has 3 nitrogen and oxygen atoms in total. The van der Waals surface area contributed by atoms with Crippen LogP contribution in [0.1, 0.15) is 28.1 Å². The molecule has 2 aromatic rings. The molecule has 2 heterocycles. The number of thiazole rings is 1. The minimum atomic E-state index is 0.907. The highest BCUT2D eigenvalue weighted by molar-refractivity contribution is 7.11. The number of nitrogens with zero attached hydrogens (tertiary/aromatic N) is 2. The van der Waals surface area contributed by atoms with Gasteiger partial charge >= 0.3 is 0 Å². The van der Waals surface area contributed by atoms with Crippen LogP contribution in [-0.4, -0.2) is 17.0 Å². The lowest BCUT2D eigenvalue weighted by Gasteiger charge is -1.96. The average molecular weight is 247 g/mol. The molecule has 0 fully saturated rings. The van der Waals surface area contributed by atoms with E-state index < -0.39 is 0 Å². The topological polar surface area (TPSA) is 37.8 Å². The molecule has 0 saturated carbocycles. The lowest BCUT2D eigenvalue weighted by molar-refractivity contribution is 0.813. The molecule has 0 aromatic carbocycles. The van der Waals surface area contributed by atoms with E-state index in [1.807, 2.05) is 42.9 Å². The van der Waals surface area contributed by atoms with E-state index in [-0.39, 0.29) is 0 Å². The van der Waals surface area contributed by atoms with E-state index in [2.05, 4.69) is 17.2 Å². The maximum absolute atomic E-state index is 4.70. The van der Waals surface area contributed by atoms with Crippen molar-refractivity contribution in [1.29, 1.82) is 0 Å². The van der Waals surface area contributed by atoms with Crippen LogP contribution in [0.2, 0.25) is 0 Å². The van der Waals surface area contributed by atoms with Gasteiger partial charge < -0.3 is 5.32 Å². The fourth-order valence-electron chi connectivity index (χ4n) is 1.76. The van der Waals surface area contributed by atoms with Gasteiger partial charge in [0, 0.05) is 30.2 Å². The van der Waals surface area contributed by atoms with Crippen molar-refractivity contribution in [1.82, 2.24) is 15.3 Å². The Morgan fingerprint density at radius 3 is 2.71 bits per heavy atom. The first-order chi connectivity index (χ1) is 8.33. The molecule has 0 saturated heterocycles. The summed E-state index contributed by atoms with van der Waals surface area (Å²) in [5, 5.41) is 4.39. The molecule has 90 valence electrons. The van der Waals surface area contributed by atoms with Gasteiger partial charge in [0.25, 0.3) is 0 Å². The van der Waals surface area contributed by atoms with Crippen LogP contribution in [0.25, 0.3) is 0 Å². The highest BCUT2D eigenvalue weighted by Gasteiger charge is 2.09. The Morgan fingerprint density at radius 1 is 1.29 bits per heavy atom. The molecule has 0 radical (unpaired) electrons. The van der Waals surface area contributed by atoms with Crippen molar-refractivity contribution in [3.8, 4) is 0 Å². The van der Waals surface area contributed by atoms with Gasteiger partial charge in [0.1, 0.15) is 0 Å². The summed E-state index contributed by atoms with van der Waals surface area (Å²) < 4.78 is 0. The van der Waals surface area contributed by atoms with Gasteiger partial charge in [-0.25, -0.2) is 4.98 Å². The summed E-state index contributed by atoms with van der Waals surface area (Å²) >= 11 is 1.81. The van der Waals surface area contributed by atoms with Gasteiger partial charge in [-0.05, 0) is 31.2 Å². The molecule has 0 atom stereocenters. The van der Waals surface area contributed by atoms with Crippen LogP contribution in [0.3, 0.4) is 0 Å². The van der Waals surface area contributed by atoms with Gasteiger partial charge in [0.05, 0.1) is 10.7 Å². The fraction of sp³-hybridized carbons (Fsp3) is 0.385. The smallest absolute Gasteiger partial charge is 0.0975 e. The Labute approximate surface area is 106 Å². The van der Waals surface area contributed by atoms with Gasteiger partial charge in [0.15, 0.2) is 0 Å². The molecule has 0 spiro atoms. The number of aromatic nitrogens is 2. The van der Waals surface area contributed by atoms with Crippen LogP contribution in [0.4, 0.5) is 0 Å². The lowest BCUT2D eigenvalue weighted by atomic mass is 10.2. The van der Waals surface area contributed by atoms with Crippen molar-refractivity contribution >= 4 is 11.3 Å². The summed E-state index contributed by atoms with van der Waals surface area (Å²) in [6.45, 7) is 3.07. The molecule has 2 rings (SSSR count). The van der Waals surface area contributed by atoms with Crippen LogP contribution >= 0.6 is 11.3 Å². The molecule has 0 amide bonds. The number of pyridine rings is 1. The minimum Gasteiger partial charge on any atom is -0.315 e. The molecular formula is C13H17N3S. The predicted molar refractivity (Wildman–Crippen MR) is 71.3 cm³/mol. The molecule has 0 aliphatic carbocycles. The molecule has 17 heavy (non-hydrogen) atoms. The summed E-state index contributed by atoms with van der Waals surface area (Å²) in [6.07, 6.45) is 5.57. The van der Waals surface area contributed by atoms with Crippen molar-refractivity contribution in [3.63, 3.8) is 0 Å². The van der Waals surface area contributed by atoms with Crippen LogP contribution < -0.4 is 5.32 Å². The lowest BCUT2D eigenvalue weighted by Crippen LogP contribution is -2.05. The normalized spacial score (nSPS) is 10.7. The van der Waals surface area contributed by atoms with Gasteiger partial charge in [-0.3, -0.25) is 4.98 Å². The third-order valence-corrected chi connectivity index (χ3v) is 3.70. The van der Waals surface area contributed by atoms with Gasteiger partial charge in [-0.15, -0.1) is 11.3 Å². The molecule has 0 aliphatic heterocycles. The summed E-state index contributed by atoms with van der Waals surface area (Å²) in [7, 11) is 1.97. The van der Waals surface area contributed by atoms with E-state index in [0.29, 0.717) is 0 Å². The summed E-state index contributed by atoms with van der Waals surface area (Å²) in [4.78, 5) is 10.1. The largest absolute Gasteiger partial charge is 0.315 e. The molecule has 4 heteroatoms. The van der Waals surface area contributed by atoms with E-state index in [9.17, 15) is 0 Å². The quantitative estimate of drug-likeness (QED) is 0.881.